The van der Waals surface area contributed by atoms with Crippen LogP contribution in [0.2, 0.25) is 5.02 Å². The minimum atomic E-state index is 0.505. The fraction of sp³-hybridized carbons (Fsp3) is 0.192. The fourth-order valence-corrected chi connectivity index (χ4v) is 3.79. The first-order valence-corrected chi connectivity index (χ1v) is 10.6. The molecule has 4 rings (SSSR count). The summed E-state index contributed by atoms with van der Waals surface area (Å²) in [6.45, 7) is 4.98. The van der Waals surface area contributed by atoms with Gasteiger partial charge in [-0.2, -0.15) is 0 Å². The van der Waals surface area contributed by atoms with E-state index in [-0.39, 0.29) is 0 Å². The van der Waals surface area contributed by atoms with E-state index in [0.717, 1.165) is 51.8 Å². The second-order valence-corrected chi connectivity index (χ2v) is 7.73. The molecule has 0 saturated carbocycles. The number of hydrogen-bond acceptors (Lipinski definition) is 3. The number of hydrogen-bond donors (Lipinski definition) is 0. The van der Waals surface area contributed by atoms with Gasteiger partial charge in [0.15, 0.2) is 11.5 Å². The maximum Gasteiger partial charge on any atom is 0.161 e. The molecule has 0 unspecified atom stereocenters. The summed E-state index contributed by atoms with van der Waals surface area (Å²) in [6, 6.07) is 22.1. The minimum Gasteiger partial charge on any atom is -0.493 e. The summed E-state index contributed by atoms with van der Waals surface area (Å²) >= 11 is 6.04. The minimum absolute atomic E-state index is 0.505. The molecule has 158 valence electrons. The molecule has 0 radical (unpaired) electrons. The molecule has 1 heterocycles. The van der Waals surface area contributed by atoms with Crippen molar-refractivity contribution in [2.75, 3.05) is 13.7 Å². The van der Waals surface area contributed by atoms with Crippen LogP contribution in [-0.4, -0.2) is 23.3 Å². The van der Waals surface area contributed by atoms with E-state index in [1.807, 2.05) is 66.7 Å². The maximum absolute atomic E-state index is 6.09. The molecule has 0 fully saturated rings. The van der Waals surface area contributed by atoms with Crippen LogP contribution in [0.5, 0.6) is 11.5 Å². The van der Waals surface area contributed by atoms with Crippen LogP contribution in [0.15, 0.2) is 79.4 Å². The first-order chi connectivity index (χ1) is 15.2. The van der Waals surface area contributed by atoms with Crippen molar-refractivity contribution in [3.8, 4) is 11.5 Å². The topological polar surface area (TPSA) is 36.3 Å². The van der Waals surface area contributed by atoms with Crippen LogP contribution in [0.25, 0.3) is 11.0 Å². The van der Waals surface area contributed by atoms with Crippen molar-refractivity contribution in [3.05, 3.63) is 101 Å². The summed E-state index contributed by atoms with van der Waals surface area (Å²) in [7, 11) is 1.66. The first-order valence-electron chi connectivity index (χ1n) is 10.3. The van der Waals surface area contributed by atoms with Gasteiger partial charge in [-0.1, -0.05) is 48.0 Å². The molecule has 1 aromatic heterocycles. The second-order valence-electron chi connectivity index (χ2n) is 7.30. The average Bonchev–Trinajstić information content (AvgIpc) is 3.13. The van der Waals surface area contributed by atoms with Gasteiger partial charge in [-0.3, -0.25) is 0 Å². The number of halogens is 1. The van der Waals surface area contributed by atoms with Crippen molar-refractivity contribution < 1.29 is 9.47 Å². The number of nitrogens with zero attached hydrogens (tertiary/aromatic N) is 2. The highest BCUT2D eigenvalue weighted by Gasteiger charge is 2.12. The molecule has 0 atom stereocenters. The number of fused-ring (bicyclic) bond motifs is 1. The lowest BCUT2D eigenvalue weighted by molar-refractivity contribution is 0.280. The zero-order chi connectivity index (χ0) is 21.6. The Kier molecular flexibility index (Phi) is 6.58. The van der Waals surface area contributed by atoms with Crippen LogP contribution in [-0.2, 0) is 19.4 Å². The van der Waals surface area contributed by atoms with E-state index in [2.05, 4.69) is 17.2 Å². The van der Waals surface area contributed by atoms with Crippen molar-refractivity contribution >= 4 is 22.6 Å². The molecule has 0 bridgehead atoms. The average molecular weight is 433 g/mol. The summed E-state index contributed by atoms with van der Waals surface area (Å²) in [4.78, 5) is 4.86. The fourth-order valence-electron chi connectivity index (χ4n) is 3.67. The molecule has 0 saturated heterocycles. The van der Waals surface area contributed by atoms with E-state index in [1.165, 1.54) is 5.56 Å². The van der Waals surface area contributed by atoms with Gasteiger partial charge in [-0.25, -0.2) is 4.98 Å². The summed E-state index contributed by atoms with van der Waals surface area (Å²) in [6.07, 6.45) is 3.40. The quantitative estimate of drug-likeness (QED) is 0.300. The summed E-state index contributed by atoms with van der Waals surface area (Å²) in [5.74, 6) is 2.47. The van der Waals surface area contributed by atoms with Crippen LogP contribution in [0.1, 0.15) is 17.0 Å². The van der Waals surface area contributed by atoms with Crippen molar-refractivity contribution in [2.45, 2.75) is 19.4 Å². The largest absolute Gasteiger partial charge is 0.493 e. The number of aromatic nitrogens is 2. The monoisotopic (exact) mass is 432 g/mol. The van der Waals surface area contributed by atoms with Gasteiger partial charge in [0.2, 0.25) is 0 Å². The zero-order valence-corrected chi connectivity index (χ0v) is 18.3. The summed E-state index contributed by atoms with van der Waals surface area (Å²) in [5.41, 5.74) is 4.40. The smallest absolute Gasteiger partial charge is 0.161 e. The maximum atomic E-state index is 6.09. The third-order valence-corrected chi connectivity index (χ3v) is 5.44. The van der Waals surface area contributed by atoms with Crippen molar-refractivity contribution in [2.24, 2.45) is 0 Å². The van der Waals surface area contributed by atoms with Gasteiger partial charge in [-0.05, 0) is 53.9 Å². The van der Waals surface area contributed by atoms with E-state index >= 15 is 0 Å². The van der Waals surface area contributed by atoms with Crippen LogP contribution < -0.4 is 9.47 Å². The number of rotatable bonds is 9. The predicted molar refractivity (Wildman–Crippen MR) is 126 cm³/mol. The molecule has 0 aliphatic heterocycles. The number of imidazole rings is 1. The molecule has 0 aliphatic carbocycles. The Labute approximate surface area is 187 Å². The van der Waals surface area contributed by atoms with E-state index < -0.39 is 0 Å². The lowest BCUT2D eigenvalue weighted by Gasteiger charge is -2.14. The Morgan fingerprint density at radius 3 is 2.55 bits per heavy atom. The lowest BCUT2D eigenvalue weighted by atomic mass is 10.1. The van der Waals surface area contributed by atoms with Crippen LogP contribution in [0.4, 0.5) is 0 Å². The Hall–Kier alpha value is -3.24. The van der Waals surface area contributed by atoms with E-state index in [1.54, 1.807) is 7.11 Å². The van der Waals surface area contributed by atoms with Gasteiger partial charge < -0.3 is 14.0 Å². The molecule has 4 nitrogen and oxygen atoms in total. The highest BCUT2D eigenvalue weighted by molar-refractivity contribution is 6.30. The predicted octanol–water partition coefficient (Wildman–Crippen LogP) is 6.10. The number of methoxy groups -OCH3 is 1. The number of ether oxygens (including phenoxy) is 2. The third-order valence-electron chi connectivity index (χ3n) is 5.19. The second kappa shape index (κ2) is 9.71. The molecule has 5 heteroatoms. The number of para-hydroxylation sites is 2. The highest BCUT2D eigenvalue weighted by atomic mass is 35.5. The molecule has 0 N–H and O–H groups in total. The molecule has 0 aliphatic rings. The Morgan fingerprint density at radius 2 is 1.77 bits per heavy atom. The molecular formula is C26H25ClN2O2. The Balaban J connectivity index is 1.54. The Bertz CT molecular complexity index is 1180. The summed E-state index contributed by atoms with van der Waals surface area (Å²) in [5, 5.41) is 0.735. The number of benzene rings is 3. The van der Waals surface area contributed by atoms with Crippen molar-refractivity contribution in [1.29, 1.82) is 0 Å². The third kappa shape index (κ3) is 4.92. The molecule has 31 heavy (non-hydrogen) atoms. The van der Waals surface area contributed by atoms with Gasteiger partial charge in [0, 0.05) is 11.4 Å². The lowest BCUT2D eigenvalue weighted by Crippen LogP contribution is -2.12. The highest BCUT2D eigenvalue weighted by Crippen LogP contribution is 2.28. The van der Waals surface area contributed by atoms with Gasteiger partial charge in [0.25, 0.3) is 0 Å². The van der Waals surface area contributed by atoms with Gasteiger partial charge in [-0.15, -0.1) is 6.58 Å². The molecule has 4 aromatic rings. The molecule has 3 aromatic carbocycles. The van der Waals surface area contributed by atoms with Gasteiger partial charge in [0.1, 0.15) is 12.4 Å². The normalized spacial score (nSPS) is 10.9. The molecule has 0 amide bonds. The number of allylic oxidation sites excluding steroid dienone is 1. The van der Waals surface area contributed by atoms with Gasteiger partial charge in [0.05, 0.1) is 24.7 Å². The van der Waals surface area contributed by atoms with E-state index in [9.17, 15) is 0 Å². The zero-order valence-electron chi connectivity index (χ0n) is 17.6. The Morgan fingerprint density at radius 1 is 1.00 bits per heavy atom. The van der Waals surface area contributed by atoms with Crippen molar-refractivity contribution in [3.63, 3.8) is 0 Å². The standard InChI is InChI=1S/C26H25ClN2O2/c1-3-6-19-11-14-24(25(17-19)30-2)31-16-15-29-23-8-5-4-7-22(23)28-26(29)18-20-9-12-21(27)13-10-20/h3-5,7-14,17H,1,6,15-16,18H2,2H3. The molecular weight excluding hydrogens is 408 g/mol. The van der Waals surface area contributed by atoms with E-state index in [0.29, 0.717) is 13.2 Å². The first kappa shape index (κ1) is 21.0. The van der Waals surface area contributed by atoms with E-state index in [4.69, 9.17) is 26.1 Å². The summed E-state index contributed by atoms with van der Waals surface area (Å²) < 4.78 is 13.8. The molecule has 0 spiro atoms. The van der Waals surface area contributed by atoms with Crippen LogP contribution in [0, 0.1) is 0 Å². The SMILES string of the molecule is C=CCc1ccc(OCCn2c(Cc3ccc(Cl)cc3)nc3ccccc32)c(OC)c1. The van der Waals surface area contributed by atoms with Crippen LogP contribution in [0.3, 0.4) is 0 Å². The van der Waals surface area contributed by atoms with Crippen LogP contribution >= 0.6 is 11.6 Å². The van der Waals surface area contributed by atoms with Crippen molar-refractivity contribution in [1.82, 2.24) is 9.55 Å². The van der Waals surface area contributed by atoms with Gasteiger partial charge >= 0.3 is 0 Å².